The second-order valence-electron chi connectivity index (χ2n) is 46.8. The van der Waals surface area contributed by atoms with Gasteiger partial charge in [0.25, 0.3) is 39.8 Å². The maximum absolute atomic E-state index is 10.8. The minimum absolute atomic E-state index is 0.0214. The van der Waals surface area contributed by atoms with E-state index in [2.05, 4.69) is 160 Å². The van der Waals surface area contributed by atoms with Gasteiger partial charge in [0.15, 0.2) is 11.5 Å². The molecule has 0 radical (unpaired) electrons. The van der Waals surface area contributed by atoms with Crippen LogP contribution in [0, 0.1) is 95.6 Å². The van der Waals surface area contributed by atoms with Crippen LogP contribution in [0.1, 0.15) is 303 Å². The highest BCUT2D eigenvalue weighted by Gasteiger charge is 2.34. The quantitative estimate of drug-likeness (QED) is 0.0353. The molecule has 0 amide bonds. The molecule has 0 bridgehead atoms. The Hall–Kier alpha value is -12.2. The van der Waals surface area contributed by atoms with Crippen LogP contribution in [0.3, 0.4) is 0 Å². The first kappa shape index (κ1) is 135. The van der Waals surface area contributed by atoms with Gasteiger partial charge in [0.2, 0.25) is 0 Å². The molecule has 0 saturated carbocycles. The Balaban J connectivity index is 0.000000844. The lowest BCUT2D eigenvalue weighted by Crippen LogP contribution is -2.28. The van der Waals surface area contributed by atoms with Gasteiger partial charge in [-0.15, -0.1) is 0 Å². The summed E-state index contributed by atoms with van der Waals surface area (Å²) in [5.74, 6) is 5.08. The van der Waals surface area contributed by atoms with E-state index in [4.69, 9.17) is 101 Å². The van der Waals surface area contributed by atoms with Gasteiger partial charge in [-0.3, -0.25) is 70.8 Å². The monoisotopic (exact) mass is 2270 g/mol. The minimum Gasteiger partial charge on any atom is -0.488 e. The van der Waals surface area contributed by atoms with Gasteiger partial charge >= 0.3 is 5.69 Å². The maximum atomic E-state index is 10.8. The fourth-order valence-corrected chi connectivity index (χ4v) is 14.1. The third kappa shape index (κ3) is 54.2. The van der Waals surface area contributed by atoms with E-state index in [-0.39, 0.29) is 122 Å². The van der Waals surface area contributed by atoms with Crippen LogP contribution < -0.4 is 42.6 Å². The fourth-order valence-electron chi connectivity index (χ4n) is 12.0. The zero-order valence-electron chi connectivity index (χ0n) is 93.3. The number of nitriles is 1. The number of allylic oxidation sites excluding steroid dienone is 1. The van der Waals surface area contributed by atoms with Crippen molar-refractivity contribution < 1.29 is 77.1 Å². The molecular formula is C111H147Br2Cl4N9O23. The van der Waals surface area contributed by atoms with Crippen LogP contribution in [-0.4, -0.2) is 84.9 Å². The average molecular weight is 2280 g/mol. The van der Waals surface area contributed by atoms with Gasteiger partial charge in [0, 0.05) is 68.1 Å². The number of hydrogen-bond donors (Lipinski definition) is 0. The lowest BCUT2D eigenvalue weighted by molar-refractivity contribution is -0.395. The maximum Gasteiger partial charge on any atom is 0.317 e. The molecule has 0 N–H and O–H groups in total. The van der Waals surface area contributed by atoms with E-state index >= 15 is 0 Å². The molecule has 9 rings (SSSR count). The van der Waals surface area contributed by atoms with E-state index in [0.717, 1.165) is 67.1 Å². The topological polar surface area (TPSA) is 413 Å². The highest BCUT2D eigenvalue weighted by molar-refractivity contribution is 9.11. The van der Waals surface area contributed by atoms with Crippen LogP contribution in [0.2, 0.25) is 20.1 Å². The summed E-state index contributed by atoms with van der Waals surface area (Å²) >= 11 is 30.3. The van der Waals surface area contributed by atoms with E-state index < -0.39 is 57.0 Å². The van der Waals surface area contributed by atoms with Crippen molar-refractivity contribution in [3.05, 3.63) is 308 Å². The second kappa shape index (κ2) is 55.0. The number of ether oxygens (including phenoxy) is 9. The molecule has 38 heteroatoms. The highest BCUT2D eigenvalue weighted by atomic mass is 79.9. The lowest BCUT2D eigenvalue weighted by Gasteiger charge is -2.34. The molecule has 816 valence electrons. The zero-order valence-corrected chi connectivity index (χ0v) is 99.5. The Morgan fingerprint density at radius 3 is 0.973 bits per heavy atom. The molecule has 0 aromatic heterocycles. The van der Waals surface area contributed by atoms with Crippen LogP contribution >= 0.6 is 78.3 Å². The molecule has 32 nitrogen and oxygen atoms in total. The van der Waals surface area contributed by atoms with Crippen LogP contribution in [0.25, 0.3) is 10.9 Å². The number of aryl methyl sites for hydroxylation is 1. The van der Waals surface area contributed by atoms with Gasteiger partial charge in [-0.25, -0.2) is 10.1 Å². The van der Waals surface area contributed by atoms with Gasteiger partial charge in [-0.1, -0.05) is 169 Å². The Morgan fingerprint density at radius 1 is 0.315 bits per heavy atom. The number of non-ortho nitro benzene ring substituents is 6. The van der Waals surface area contributed by atoms with Crippen molar-refractivity contribution in [3.8, 4) is 57.8 Å². The largest absolute Gasteiger partial charge is 0.488 e. The van der Waals surface area contributed by atoms with E-state index in [9.17, 15) is 70.8 Å². The smallest absolute Gasteiger partial charge is 0.317 e. The molecule has 0 aliphatic rings. The van der Waals surface area contributed by atoms with Crippen molar-refractivity contribution in [3.63, 3.8) is 0 Å². The van der Waals surface area contributed by atoms with Crippen LogP contribution in [0.4, 0.5) is 39.8 Å². The van der Waals surface area contributed by atoms with Crippen molar-refractivity contribution in [2.45, 2.75) is 349 Å². The van der Waals surface area contributed by atoms with Gasteiger partial charge in [0.1, 0.15) is 90.7 Å². The third-order valence-corrected chi connectivity index (χ3v) is 19.8. The minimum atomic E-state index is -0.700. The summed E-state index contributed by atoms with van der Waals surface area (Å²) in [5.41, 5.74) is 2.26. The van der Waals surface area contributed by atoms with Crippen LogP contribution in [-0.2, 0) is 21.7 Å². The summed E-state index contributed by atoms with van der Waals surface area (Å²) in [6.45, 7) is 87.6. The molecule has 0 spiro atoms. The number of halogens is 6. The van der Waals surface area contributed by atoms with E-state index in [1.807, 2.05) is 161 Å². The average Bonchev–Trinajstić information content (AvgIpc) is 0.716. The Labute approximate surface area is 915 Å². The second-order valence-corrected chi connectivity index (χ2v) is 50.3. The molecule has 0 unspecified atom stereocenters. The number of benzene rings is 9. The number of nitrogens with zero attached hydrogens (tertiary/aromatic N) is 9. The fraction of sp³-hybridized carbons (Fsp3) is 0.477. The van der Waals surface area contributed by atoms with Crippen molar-refractivity contribution in [1.82, 2.24) is 0 Å². The molecule has 0 fully saturated rings. The number of hydrogen-bond acceptors (Lipinski definition) is 24. The number of nitro groups is 7. The van der Waals surface area contributed by atoms with Crippen molar-refractivity contribution >= 4 is 124 Å². The molecule has 0 atom stereocenters. The zero-order chi connectivity index (χ0) is 116. The van der Waals surface area contributed by atoms with Crippen LogP contribution in [0.5, 0.6) is 51.7 Å². The number of rotatable bonds is 17. The summed E-state index contributed by atoms with van der Waals surface area (Å²) in [4.78, 5) is 73.0. The van der Waals surface area contributed by atoms with Crippen molar-refractivity contribution in [2.75, 3.05) is 0 Å². The predicted octanol–water partition coefficient (Wildman–Crippen LogP) is 35.6. The SMILES string of the molecule is CC(C)(C)Oc1c(Cl)cc([N+](=O)[O-])cc1Cl.CC(C)(C)Oc1cc([N+](=O)[O-])cc([N+](=O)[O-])c1.CC(C)(C)Oc1ccc(Br)cc1Br.CC(C)(C)Oc1ccc(Cl)cc1Cl.CC(C)(C)Oc1ccc([N+](=O)[O-])cc1.CC(C)(C)Oc1ccc([N+](=O)[O-])cc1[N+](=O)[O-].CC(C)(C)Oc1cccc([N+](=O)[O-])c1.Cc1cc(C(C)(C)C)c(OC(C)(C)C)c(C(C)(C)C)c1.[C-]#[N+]/C(C#N)=C\c1cc(C(C)(C)C)c(OC(C)(C)C)c(C(C)(C)C)c1. The predicted molar refractivity (Wildman–Crippen MR) is 603 cm³/mol. The normalized spacial score (nSPS) is 11.8. The van der Waals surface area contributed by atoms with Gasteiger partial charge < -0.3 is 42.6 Å². The molecule has 0 aliphatic carbocycles. The van der Waals surface area contributed by atoms with E-state index in [1.54, 1.807) is 90.1 Å². The molecule has 0 heterocycles. The standard InChI is InChI=1S/C22H30N2O.C19H32O.C10H12Br2O.C10H11Cl2NO3.C10H12Cl2O.2C10H12N2O5.2C10H13NO3/c1-20(2,3)17-12-15(11-16(14-23)24-10)13-18(21(4,5)6)19(17)25-22(7,8)9;1-13-11-14(17(2,3)4)16(20-19(8,9)10)15(12-13)18(5,6)7;1-10(2,3)13-9-5-4-7(11)6-8(9)12;1-10(2,3)16-9-7(11)4-6(13(14)15)5-8(9)12;1-10(2,3)13-9-5-4-7(11)6-8(9)12;1-10(2,3)17-9-5-7(11(13)14)4-8(6-9)12(15)16;1-10(2,3)17-9-5-4-7(11(13)14)6-8(9)12(15)16;1-10(2,3)14-9-6-4-8(5-7-9)11(12)13;1-10(2,3)14-9-6-4-5-8(7-9)11(12)13/h11-13H,1-9H3;11-12H,1-10H3;4-6H,1-3H3;4-5H,1-3H3;4-6H,1-3H3;2*4-6H,1-3H3;2*4-7H,1-3H3/b16-11-;;;;;;;;. The summed E-state index contributed by atoms with van der Waals surface area (Å²) < 4.78 is 53.3. The van der Waals surface area contributed by atoms with Crippen molar-refractivity contribution in [2.24, 2.45) is 0 Å². The lowest BCUT2D eigenvalue weighted by atomic mass is 9.78. The molecule has 9 aromatic carbocycles. The van der Waals surface area contributed by atoms with E-state index in [0.29, 0.717) is 27.3 Å². The Morgan fingerprint density at radius 2 is 0.631 bits per heavy atom. The number of nitro benzene ring substituents is 7. The Kier molecular flexibility index (Phi) is 49.8. The molecule has 149 heavy (non-hydrogen) atoms. The van der Waals surface area contributed by atoms with Gasteiger partial charge in [-0.05, 0) is 316 Å². The third-order valence-electron chi connectivity index (χ3n) is 17.6. The first-order chi connectivity index (χ1) is 67.0. The van der Waals surface area contributed by atoms with E-state index in [1.165, 1.54) is 65.2 Å². The highest BCUT2D eigenvalue weighted by Crippen LogP contribution is 2.47. The van der Waals surface area contributed by atoms with Crippen molar-refractivity contribution in [1.29, 1.82) is 5.26 Å². The summed E-state index contributed by atoms with van der Waals surface area (Å²) in [5, 5.41) is 84.4. The summed E-state index contributed by atoms with van der Waals surface area (Å²) in [7, 11) is 0. The summed E-state index contributed by atoms with van der Waals surface area (Å²) in [6.07, 6.45) is 1.65. The summed E-state index contributed by atoms with van der Waals surface area (Å²) in [6, 6.07) is 42.9. The molecule has 0 aliphatic heterocycles. The molecule has 0 saturated heterocycles. The van der Waals surface area contributed by atoms with Gasteiger partial charge in [-0.2, -0.15) is 0 Å². The molecular weight excluding hydrogens is 2130 g/mol. The van der Waals surface area contributed by atoms with Crippen LogP contribution in [0.15, 0.2) is 172 Å². The first-order valence-corrected chi connectivity index (χ1v) is 50.1. The van der Waals surface area contributed by atoms with Gasteiger partial charge in [0.05, 0.1) is 97.0 Å². The molecule has 9 aromatic rings. The Bertz CT molecular complexity index is 6020. The first-order valence-electron chi connectivity index (χ1n) is 47.0.